The van der Waals surface area contributed by atoms with Crippen LogP contribution in [0.3, 0.4) is 0 Å². The van der Waals surface area contributed by atoms with Gasteiger partial charge in [-0.25, -0.2) is 0 Å². The summed E-state index contributed by atoms with van der Waals surface area (Å²) in [5.41, 5.74) is 2.55. The van der Waals surface area contributed by atoms with Gasteiger partial charge >= 0.3 is 0 Å². The van der Waals surface area contributed by atoms with Crippen molar-refractivity contribution in [3.63, 3.8) is 0 Å². The normalized spacial score (nSPS) is 17.3. The van der Waals surface area contributed by atoms with Crippen molar-refractivity contribution in [3.05, 3.63) is 59.9 Å². The van der Waals surface area contributed by atoms with Crippen LogP contribution < -0.4 is 4.90 Å². The van der Waals surface area contributed by atoms with Crippen molar-refractivity contribution in [3.8, 4) is 0 Å². The molecule has 2 aliphatic rings. The summed E-state index contributed by atoms with van der Waals surface area (Å²) in [7, 11) is 0. The number of hydrogen-bond donors (Lipinski definition) is 0. The van der Waals surface area contributed by atoms with E-state index in [0.29, 0.717) is 37.3 Å². The van der Waals surface area contributed by atoms with Crippen LogP contribution in [0.15, 0.2) is 48.8 Å². The molecule has 2 amide bonds. The summed E-state index contributed by atoms with van der Waals surface area (Å²) in [4.78, 5) is 35.2. The van der Waals surface area contributed by atoms with Crippen LogP contribution in [0.4, 0.5) is 5.69 Å². The number of carbonyl (C=O) groups is 2. The van der Waals surface area contributed by atoms with Crippen LogP contribution in [-0.2, 0) is 0 Å². The summed E-state index contributed by atoms with van der Waals surface area (Å²) in [5.74, 6) is 0.0402. The lowest BCUT2D eigenvalue weighted by atomic mass is 10.1. The SMILES string of the molecule is O=C(c1ccncc1)N1CCN(C(=O)c2ccc(N3CCCC3)cc2)CC1. The molecule has 0 bridgehead atoms. The fourth-order valence-corrected chi connectivity index (χ4v) is 3.76. The minimum Gasteiger partial charge on any atom is -0.372 e. The third kappa shape index (κ3) is 3.79. The molecule has 3 heterocycles. The van der Waals surface area contributed by atoms with Gasteiger partial charge in [0.15, 0.2) is 0 Å². The maximum atomic E-state index is 12.8. The highest BCUT2D eigenvalue weighted by Gasteiger charge is 2.25. The van der Waals surface area contributed by atoms with Crippen LogP contribution in [-0.4, -0.2) is 65.9 Å². The van der Waals surface area contributed by atoms with Gasteiger partial charge in [-0.2, -0.15) is 0 Å². The van der Waals surface area contributed by atoms with Gasteiger partial charge in [0, 0.05) is 68.5 Å². The van der Waals surface area contributed by atoms with E-state index in [4.69, 9.17) is 0 Å². The first kappa shape index (κ1) is 17.5. The maximum Gasteiger partial charge on any atom is 0.254 e. The Hall–Kier alpha value is -2.89. The summed E-state index contributed by atoms with van der Waals surface area (Å²) in [6.45, 7) is 4.42. The summed E-state index contributed by atoms with van der Waals surface area (Å²) >= 11 is 0. The average molecular weight is 364 g/mol. The number of piperazine rings is 1. The third-order valence-electron chi connectivity index (χ3n) is 5.37. The van der Waals surface area contributed by atoms with Crippen LogP contribution in [0.5, 0.6) is 0 Å². The third-order valence-corrected chi connectivity index (χ3v) is 5.37. The highest BCUT2D eigenvalue weighted by atomic mass is 16.2. The summed E-state index contributed by atoms with van der Waals surface area (Å²) in [5, 5.41) is 0. The van der Waals surface area contributed by atoms with Crippen molar-refractivity contribution in [1.82, 2.24) is 14.8 Å². The monoisotopic (exact) mass is 364 g/mol. The Labute approximate surface area is 159 Å². The number of pyridine rings is 1. The van der Waals surface area contributed by atoms with Gasteiger partial charge in [-0.3, -0.25) is 14.6 Å². The molecule has 2 fully saturated rings. The van der Waals surface area contributed by atoms with E-state index in [9.17, 15) is 9.59 Å². The molecule has 2 aliphatic heterocycles. The standard InChI is InChI=1S/C21H24N4O2/c26-20(17-3-5-19(6-4-17)23-11-1-2-12-23)24-13-15-25(16-14-24)21(27)18-7-9-22-10-8-18/h3-10H,1-2,11-16H2. The van der Waals surface area contributed by atoms with Gasteiger partial charge in [0.05, 0.1) is 0 Å². The van der Waals surface area contributed by atoms with E-state index in [1.54, 1.807) is 29.4 Å². The molecule has 4 rings (SSSR count). The summed E-state index contributed by atoms with van der Waals surface area (Å²) in [6, 6.07) is 11.4. The zero-order valence-corrected chi connectivity index (χ0v) is 15.4. The molecule has 0 atom stereocenters. The molecule has 0 N–H and O–H groups in total. The highest BCUT2D eigenvalue weighted by molar-refractivity contribution is 5.96. The Bertz CT molecular complexity index is 793. The Kier molecular flexibility index (Phi) is 5.05. The first-order valence-corrected chi connectivity index (χ1v) is 9.56. The lowest BCUT2D eigenvalue weighted by Crippen LogP contribution is -2.50. The number of anilines is 1. The smallest absolute Gasteiger partial charge is 0.254 e. The first-order valence-electron chi connectivity index (χ1n) is 9.56. The van der Waals surface area contributed by atoms with E-state index in [2.05, 4.69) is 9.88 Å². The number of aromatic nitrogens is 1. The van der Waals surface area contributed by atoms with E-state index in [1.165, 1.54) is 18.5 Å². The molecule has 0 unspecified atom stereocenters. The van der Waals surface area contributed by atoms with Crippen molar-refractivity contribution >= 4 is 17.5 Å². The zero-order valence-electron chi connectivity index (χ0n) is 15.4. The van der Waals surface area contributed by atoms with Gasteiger partial charge in [-0.1, -0.05) is 0 Å². The van der Waals surface area contributed by atoms with Crippen LogP contribution in [0, 0.1) is 0 Å². The van der Waals surface area contributed by atoms with Crippen molar-refractivity contribution in [2.45, 2.75) is 12.8 Å². The fourth-order valence-electron chi connectivity index (χ4n) is 3.76. The van der Waals surface area contributed by atoms with Gasteiger partial charge in [-0.15, -0.1) is 0 Å². The van der Waals surface area contributed by atoms with E-state index in [1.807, 2.05) is 29.2 Å². The minimum atomic E-state index is -0.000495. The maximum absolute atomic E-state index is 12.8. The Morgan fingerprint density at radius 2 is 1.15 bits per heavy atom. The largest absolute Gasteiger partial charge is 0.372 e. The Morgan fingerprint density at radius 1 is 0.667 bits per heavy atom. The molecule has 0 spiro atoms. The van der Waals surface area contributed by atoms with E-state index >= 15 is 0 Å². The molecule has 2 aromatic rings. The van der Waals surface area contributed by atoms with E-state index in [-0.39, 0.29) is 11.8 Å². The van der Waals surface area contributed by atoms with Gasteiger partial charge in [0.1, 0.15) is 0 Å². The molecule has 0 radical (unpaired) electrons. The second-order valence-corrected chi connectivity index (χ2v) is 7.06. The highest BCUT2D eigenvalue weighted by Crippen LogP contribution is 2.21. The summed E-state index contributed by atoms with van der Waals surface area (Å²) in [6.07, 6.45) is 5.73. The van der Waals surface area contributed by atoms with Crippen molar-refractivity contribution in [2.24, 2.45) is 0 Å². The second-order valence-electron chi connectivity index (χ2n) is 7.06. The molecular formula is C21H24N4O2. The molecular weight excluding hydrogens is 340 g/mol. The molecule has 27 heavy (non-hydrogen) atoms. The van der Waals surface area contributed by atoms with Crippen LogP contribution >= 0.6 is 0 Å². The molecule has 0 aliphatic carbocycles. The number of amides is 2. The Morgan fingerprint density at radius 3 is 1.67 bits per heavy atom. The first-order chi connectivity index (χ1) is 13.2. The number of hydrogen-bond acceptors (Lipinski definition) is 4. The van der Waals surface area contributed by atoms with Gasteiger partial charge in [0.25, 0.3) is 11.8 Å². The number of nitrogens with zero attached hydrogens (tertiary/aromatic N) is 4. The number of benzene rings is 1. The second kappa shape index (κ2) is 7.78. The van der Waals surface area contributed by atoms with Crippen molar-refractivity contribution in [1.29, 1.82) is 0 Å². The topological polar surface area (TPSA) is 56.8 Å². The molecule has 1 aromatic heterocycles. The molecule has 6 heteroatoms. The lowest BCUT2D eigenvalue weighted by molar-refractivity contribution is 0.0535. The molecule has 6 nitrogen and oxygen atoms in total. The van der Waals surface area contributed by atoms with E-state index < -0.39 is 0 Å². The van der Waals surface area contributed by atoms with Crippen LogP contribution in [0.1, 0.15) is 33.6 Å². The number of rotatable bonds is 3. The lowest BCUT2D eigenvalue weighted by Gasteiger charge is -2.35. The van der Waals surface area contributed by atoms with Crippen molar-refractivity contribution < 1.29 is 9.59 Å². The molecule has 2 saturated heterocycles. The zero-order chi connectivity index (χ0) is 18.6. The fraction of sp³-hybridized carbons (Fsp3) is 0.381. The van der Waals surface area contributed by atoms with Gasteiger partial charge in [-0.05, 0) is 49.2 Å². The van der Waals surface area contributed by atoms with Crippen molar-refractivity contribution in [2.75, 3.05) is 44.2 Å². The van der Waals surface area contributed by atoms with Crippen LogP contribution in [0.2, 0.25) is 0 Å². The minimum absolute atomic E-state index is 0.000495. The van der Waals surface area contributed by atoms with Gasteiger partial charge in [0.2, 0.25) is 0 Å². The predicted octanol–water partition coefficient (Wildman–Crippen LogP) is 2.28. The number of carbonyl (C=O) groups excluding carboxylic acids is 2. The summed E-state index contributed by atoms with van der Waals surface area (Å²) < 4.78 is 0. The predicted molar refractivity (Wildman–Crippen MR) is 104 cm³/mol. The van der Waals surface area contributed by atoms with Crippen LogP contribution in [0.25, 0.3) is 0 Å². The Balaban J connectivity index is 1.35. The molecule has 140 valence electrons. The van der Waals surface area contributed by atoms with E-state index in [0.717, 1.165) is 13.1 Å². The molecule has 0 saturated carbocycles. The van der Waals surface area contributed by atoms with Gasteiger partial charge < -0.3 is 14.7 Å². The quantitative estimate of drug-likeness (QED) is 0.838. The molecule has 1 aromatic carbocycles. The average Bonchev–Trinajstić information content (AvgIpc) is 3.28.